The van der Waals surface area contributed by atoms with Crippen LogP contribution >= 0.6 is 0 Å². The summed E-state index contributed by atoms with van der Waals surface area (Å²) in [5.74, 6) is 0. The van der Waals surface area contributed by atoms with Gasteiger partial charge in [0.05, 0.1) is 6.61 Å². The first-order chi connectivity index (χ1) is 7.26. The Morgan fingerprint density at radius 2 is 2.53 bits per heavy atom. The molecule has 5 heteroatoms. The number of ether oxygens (including phenoxy) is 1. The number of carbonyl (C=O) groups excluding carboxylic acids is 1. The lowest BCUT2D eigenvalue weighted by Gasteiger charge is -2.02. The van der Waals surface area contributed by atoms with E-state index in [9.17, 15) is 4.79 Å². The molecule has 0 radical (unpaired) electrons. The zero-order chi connectivity index (χ0) is 11.1. The first-order valence-corrected chi connectivity index (χ1v) is 4.56. The van der Waals surface area contributed by atoms with E-state index in [0.29, 0.717) is 12.3 Å². The second-order valence-electron chi connectivity index (χ2n) is 2.77. The smallest absolute Gasteiger partial charge is 0.411 e. The molecule has 0 aliphatic heterocycles. The van der Waals surface area contributed by atoms with Crippen molar-refractivity contribution in [2.45, 2.75) is 13.5 Å². The zero-order valence-electron chi connectivity index (χ0n) is 8.43. The topological polar surface area (TPSA) is 66.0 Å². The summed E-state index contributed by atoms with van der Waals surface area (Å²) in [6.45, 7) is 2.32. The lowest BCUT2D eigenvalue weighted by atomic mass is 10.4. The molecule has 1 aromatic heterocycles. The number of hydrogen-bond donors (Lipinski definition) is 1. The molecule has 5 nitrogen and oxygen atoms in total. The van der Waals surface area contributed by atoms with Crippen LogP contribution in [0.4, 0.5) is 10.5 Å². The summed E-state index contributed by atoms with van der Waals surface area (Å²) in [6, 6.07) is 5.48. The van der Waals surface area contributed by atoms with Gasteiger partial charge in [-0.15, -0.1) is 0 Å². The molecule has 1 heterocycles. The van der Waals surface area contributed by atoms with Crippen molar-refractivity contribution in [3.63, 3.8) is 0 Å². The van der Waals surface area contributed by atoms with Gasteiger partial charge in [0.2, 0.25) is 6.54 Å². The van der Waals surface area contributed by atoms with Gasteiger partial charge in [0.1, 0.15) is 11.8 Å². The van der Waals surface area contributed by atoms with E-state index in [1.165, 1.54) is 0 Å². The molecule has 1 amide bonds. The molecule has 0 unspecified atom stereocenters. The number of nitrogens with one attached hydrogen (secondary N) is 1. The van der Waals surface area contributed by atoms with Crippen molar-refractivity contribution in [1.82, 2.24) is 0 Å². The number of amides is 1. The summed E-state index contributed by atoms with van der Waals surface area (Å²) < 4.78 is 6.39. The van der Waals surface area contributed by atoms with E-state index in [2.05, 4.69) is 5.32 Å². The highest BCUT2D eigenvalue weighted by molar-refractivity contribution is 5.83. The fourth-order valence-corrected chi connectivity index (χ4v) is 1.06. The third-order valence-electron chi connectivity index (χ3n) is 1.63. The molecular formula is C10H12N3O2+. The van der Waals surface area contributed by atoms with Gasteiger partial charge in [-0.05, 0) is 13.0 Å². The van der Waals surface area contributed by atoms with Gasteiger partial charge in [-0.3, -0.25) is 5.32 Å². The van der Waals surface area contributed by atoms with Gasteiger partial charge in [0.25, 0.3) is 0 Å². The number of carbonyl (C=O) groups is 1. The zero-order valence-corrected chi connectivity index (χ0v) is 8.43. The largest absolute Gasteiger partial charge is 0.450 e. The highest BCUT2D eigenvalue weighted by Crippen LogP contribution is 2.02. The predicted molar refractivity (Wildman–Crippen MR) is 52.9 cm³/mol. The van der Waals surface area contributed by atoms with Gasteiger partial charge in [-0.1, -0.05) is 0 Å². The quantitative estimate of drug-likeness (QED) is 0.752. The van der Waals surface area contributed by atoms with Crippen LogP contribution in [0.25, 0.3) is 0 Å². The first-order valence-electron chi connectivity index (χ1n) is 4.56. The number of rotatable bonds is 3. The molecule has 1 aromatic rings. The average molecular weight is 206 g/mol. The Bertz CT molecular complexity index is 384. The van der Waals surface area contributed by atoms with E-state index in [1.807, 2.05) is 6.07 Å². The van der Waals surface area contributed by atoms with Crippen LogP contribution in [0.5, 0.6) is 0 Å². The normalized spacial score (nSPS) is 9.07. The van der Waals surface area contributed by atoms with Crippen LogP contribution in [-0.2, 0) is 11.3 Å². The molecular weight excluding hydrogens is 194 g/mol. The van der Waals surface area contributed by atoms with E-state index in [4.69, 9.17) is 10.00 Å². The monoisotopic (exact) mass is 206 g/mol. The van der Waals surface area contributed by atoms with Crippen LogP contribution in [0, 0.1) is 11.3 Å². The van der Waals surface area contributed by atoms with Crippen LogP contribution < -0.4 is 9.88 Å². The summed E-state index contributed by atoms with van der Waals surface area (Å²) in [5, 5.41) is 11.0. The lowest BCUT2D eigenvalue weighted by molar-refractivity contribution is -0.684. The Morgan fingerprint density at radius 1 is 1.73 bits per heavy atom. The molecule has 0 saturated carbocycles. The van der Waals surface area contributed by atoms with Gasteiger partial charge < -0.3 is 4.74 Å². The van der Waals surface area contributed by atoms with Crippen molar-refractivity contribution < 1.29 is 14.1 Å². The van der Waals surface area contributed by atoms with Gasteiger partial charge in [0.15, 0.2) is 12.4 Å². The summed E-state index contributed by atoms with van der Waals surface area (Å²) in [6.07, 6.45) is 2.92. The van der Waals surface area contributed by atoms with Crippen molar-refractivity contribution in [1.29, 1.82) is 5.26 Å². The lowest BCUT2D eigenvalue weighted by Crippen LogP contribution is -2.32. The maximum absolute atomic E-state index is 11.1. The molecule has 1 N–H and O–H groups in total. The minimum absolute atomic E-state index is 0.248. The molecule has 0 atom stereocenters. The van der Waals surface area contributed by atoms with E-state index in [-0.39, 0.29) is 6.54 Å². The van der Waals surface area contributed by atoms with Crippen LogP contribution in [0.2, 0.25) is 0 Å². The number of nitrogens with zero attached hydrogens (tertiary/aromatic N) is 2. The molecule has 0 fully saturated rings. The average Bonchev–Trinajstić information content (AvgIpc) is 2.19. The number of nitriles is 1. The molecule has 1 rings (SSSR count). The maximum Gasteiger partial charge on any atom is 0.411 e. The van der Waals surface area contributed by atoms with Crippen molar-refractivity contribution in [2.75, 3.05) is 11.9 Å². The highest BCUT2D eigenvalue weighted by Gasteiger charge is 2.05. The maximum atomic E-state index is 11.1. The predicted octanol–water partition coefficient (Wildman–Crippen LogP) is 1.07. The number of hydrogen-bond acceptors (Lipinski definition) is 3. The molecule has 0 spiro atoms. The fourth-order valence-electron chi connectivity index (χ4n) is 1.06. The Labute approximate surface area is 87.9 Å². The van der Waals surface area contributed by atoms with Gasteiger partial charge in [0, 0.05) is 6.07 Å². The third kappa shape index (κ3) is 3.65. The van der Waals surface area contributed by atoms with Crippen molar-refractivity contribution in [2.24, 2.45) is 0 Å². The Hall–Kier alpha value is -2.09. The van der Waals surface area contributed by atoms with Gasteiger partial charge in [-0.2, -0.15) is 9.83 Å². The van der Waals surface area contributed by atoms with Crippen molar-refractivity contribution in [3.05, 3.63) is 24.5 Å². The van der Waals surface area contributed by atoms with E-state index < -0.39 is 6.09 Å². The van der Waals surface area contributed by atoms with Crippen LogP contribution in [0.3, 0.4) is 0 Å². The minimum atomic E-state index is -0.493. The summed E-state index contributed by atoms with van der Waals surface area (Å²) in [7, 11) is 0. The van der Waals surface area contributed by atoms with E-state index >= 15 is 0 Å². The molecule has 15 heavy (non-hydrogen) atoms. The standard InChI is InChI=1S/C10H11N3O2/c1-2-15-10(14)12-9-4-3-6-13(8-9)7-5-11/h3-4,6,8H,2,7H2,1H3/p+1. The van der Waals surface area contributed by atoms with Gasteiger partial charge >= 0.3 is 6.09 Å². The van der Waals surface area contributed by atoms with Gasteiger partial charge in [-0.25, -0.2) is 4.79 Å². The second kappa shape index (κ2) is 5.60. The number of pyridine rings is 1. The summed E-state index contributed by atoms with van der Waals surface area (Å²) >= 11 is 0. The third-order valence-corrected chi connectivity index (χ3v) is 1.63. The van der Waals surface area contributed by atoms with Crippen LogP contribution in [0.1, 0.15) is 6.92 Å². The number of aromatic nitrogens is 1. The van der Waals surface area contributed by atoms with Crippen molar-refractivity contribution >= 4 is 11.8 Å². The molecule has 0 bridgehead atoms. The van der Waals surface area contributed by atoms with Crippen molar-refractivity contribution in [3.8, 4) is 6.07 Å². The van der Waals surface area contributed by atoms with Crippen LogP contribution in [-0.4, -0.2) is 12.7 Å². The van der Waals surface area contributed by atoms with E-state index in [0.717, 1.165) is 0 Å². The SMILES string of the molecule is CCOC(=O)Nc1ccc[n+](CC#N)c1. The Morgan fingerprint density at radius 3 is 3.20 bits per heavy atom. The minimum Gasteiger partial charge on any atom is -0.450 e. The Balaban J connectivity index is 2.65. The fraction of sp³-hybridized carbons (Fsp3) is 0.300. The highest BCUT2D eigenvalue weighted by atomic mass is 16.5. The molecule has 0 aliphatic rings. The summed E-state index contributed by atoms with van der Waals surface area (Å²) in [5.41, 5.74) is 0.603. The Kier molecular flexibility index (Phi) is 4.10. The number of anilines is 1. The summed E-state index contributed by atoms with van der Waals surface area (Å²) in [4.78, 5) is 11.1. The van der Waals surface area contributed by atoms with E-state index in [1.54, 1.807) is 36.0 Å². The molecule has 0 saturated heterocycles. The first kappa shape index (κ1) is 11.0. The van der Waals surface area contributed by atoms with Crippen LogP contribution in [0.15, 0.2) is 24.5 Å². The molecule has 0 aromatic carbocycles. The molecule has 0 aliphatic carbocycles. The molecule has 78 valence electrons. The second-order valence-corrected chi connectivity index (χ2v) is 2.77.